The van der Waals surface area contributed by atoms with Crippen LogP contribution in [-0.4, -0.2) is 47.3 Å². The fourth-order valence-electron chi connectivity index (χ4n) is 3.67. The van der Waals surface area contributed by atoms with Crippen LogP contribution in [0.2, 0.25) is 0 Å². The van der Waals surface area contributed by atoms with E-state index < -0.39 is 53.1 Å². The van der Waals surface area contributed by atoms with Gasteiger partial charge in [-0.05, 0) is 25.0 Å². The van der Waals surface area contributed by atoms with Crippen LogP contribution in [0.3, 0.4) is 0 Å². The van der Waals surface area contributed by atoms with Gasteiger partial charge < -0.3 is 16.0 Å². The topological polar surface area (TPSA) is 108 Å². The number of hydrogen-bond donors (Lipinski definition) is 3. The number of carbonyl (C=O) groups excluding carboxylic acids is 4. The van der Waals surface area contributed by atoms with Crippen LogP contribution in [0.25, 0.3) is 0 Å². The number of amides is 5. The summed E-state index contributed by atoms with van der Waals surface area (Å²) in [4.78, 5) is 49.5. The largest absolute Gasteiger partial charge is 0.347 e. The first kappa shape index (κ1) is 21.6. The van der Waals surface area contributed by atoms with Crippen LogP contribution in [0.4, 0.5) is 23.7 Å². The summed E-state index contributed by atoms with van der Waals surface area (Å²) in [6.07, 6.45) is 3.61. The van der Waals surface area contributed by atoms with E-state index >= 15 is 0 Å². The molecule has 1 aromatic carbocycles. The second kappa shape index (κ2) is 8.72. The standard InChI is InChI=1S/C19H21F3N4O4/c20-11-4-5-12(16(22)15(11)21)24-14(28)10-23-13(27)6-9-26-17(29)19(25-18(26)30)7-2-1-3-8-19/h4-5H,1-3,6-10H2,(H,23,27)(H,24,28)(H,25,30). The van der Waals surface area contributed by atoms with Gasteiger partial charge in [0.25, 0.3) is 5.91 Å². The Morgan fingerprint density at radius 2 is 1.73 bits per heavy atom. The lowest BCUT2D eigenvalue weighted by molar-refractivity contribution is -0.133. The van der Waals surface area contributed by atoms with Gasteiger partial charge in [-0.25, -0.2) is 18.0 Å². The maximum absolute atomic E-state index is 13.5. The zero-order valence-electron chi connectivity index (χ0n) is 16.0. The molecule has 0 radical (unpaired) electrons. The molecule has 1 saturated heterocycles. The number of nitrogens with one attached hydrogen (secondary N) is 3. The molecule has 30 heavy (non-hydrogen) atoms. The van der Waals surface area contributed by atoms with E-state index in [2.05, 4.69) is 10.6 Å². The van der Waals surface area contributed by atoms with Gasteiger partial charge in [0.05, 0.1) is 12.2 Å². The van der Waals surface area contributed by atoms with Gasteiger partial charge in [0, 0.05) is 13.0 Å². The van der Waals surface area contributed by atoms with Crippen molar-refractivity contribution < 1.29 is 32.3 Å². The van der Waals surface area contributed by atoms with Crippen molar-refractivity contribution in [1.82, 2.24) is 15.5 Å². The third-order valence-electron chi connectivity index (χ3n) is 5.27. The predicted molar refractivity (Wildman–Crippen MR) is 98.6 cm³/mol. The van der Waals surface area contributed by atoms with E-state index in [1.54, 1.807) is 0 Å². The van der Waals surface area contributed by atoms with Crippen LogP contribution in [0.5, 0.6) is 0 Å². The van der Waals surface area contributed by atoms with Gasteiger partial charge in [0.15, 0.2) is 17.5 Å². The molecular formula is C19H21F3N4O4. The first-order valence-electron chi connectivity index (χ1n) is 9.58. The van der Waals surface area contributed by atoms with E-state index in [9.17, 15) is 32.3 Å². The minimum atomic E-state index is -1.72. The van der Waals surface area contributed by atoms with Crippen LogP contribution in [0.1, 0.15) is 38.5 Å². The molecule has 11 heteroatoms. The summed E-state index contributed by atoms with van der Waals surface area (Å²) in [5.74, 6) is -6.47. The number of benzene rings is 1. The van der Waals surface area contributed by atoms with Gasteiger partial charge in [0.1, 0.15) is 5.54 Å². The smallest absolute Gasteiger partial charge is 0.325 e. The molecular weight excluding hydrogens is 405 g/mol. The molecule has 1 aliphatic heterocycles. The summed E-state index contributed by atoms with van der Waals surface area (Å²) in [5, 5.41) is 7.01. The molecule has 0 bridgehead atoms. The highest BCUT2D eigenvalue weighted by atomic mass is 19.2. The summed E-state index contributed by atoms with van der Waals surface area (Å²) in [7, 11) is 0. The number of nitrogens with zero attached hydrogens (tertiary/aromatic N) is 1. The molecule has 3 rings (SSSR count). The number of carbonyl (C=O) groups is 4. The molecule has 3 N–H and O–H groups in total. The van der Waals surface area contributed by atoms with Crippen LogP contribution >= 0.6 is 0 Å². The van der Waals surface area contributed by atoms with Crippen LogP contribution in [0, 0.1) is 17.5 Å². The lowest BCUT2D eigenvalue weighted by Crippen LogP contribution is -2.48. The Balaban J connectivity index is 1.46. The zero-order chi connectivity index (χ0) is 21.9. The molecule has 162 valence electrons. The van der Waals surface area contributed by atoms with Gasteiger partial charge in [-0.1, -0.05) is 19.3 Å². The zero-order valence-corrected chi connectivity index (χ0v) is 16.0. The number of anilines is 1. The Labute approximate surface area is 170 Å². The highest BCUT2D eigenvalue weighted by molar-refractivity contribution is 6.07. The molecule has 0 unspecified atom stereocenters. The first-order valence-corrected chi connectivity index (χ1v) is 9.58. The molecule has 0 aromatic heterocycles. The van der Waals surface area contributed by atoms with Crippen molar-refractivity contribution in [3.63, 3.8) is 0 Å². The number of hydrogen-bond acceptors (Lipinski definition) is 4. The fraction of sp³-hybridized carbons (Fsp3) is 0.474. The minimum absolute atomic E-state index is 0.141. The quantitative estimate of drug-likeness (QED) is 0.476. The molecule has 1 heterocycles. The minimum Gasteiger partial charge on any atom is -0.347 e. The highest BCUT2D eigenvalue weighted by Crippen LogP contribution is 2.33. The first-order chi connectivity index (χ1) is 14.2. The van der Waals surface area contributed by atoms with Crippen molar-refractivity contribution in [3.05, 3.63) is 29.6 Å². The SMILES string of the molecule is O=C(CCN1C(=O)NC2(CCCCC2)C1=O)NCC(=O)Nc1ccc(F)c(F)c1F. The van der Waals surface area contributed by atoms with Gasteiger partial charge >= 0.3 is 6.03 Å². The molecule has 2 fully saturated rings. The Bertz CT molecular complexity index is 887. The van der Waals surface area contributed by atoms with Gasteiger partial charge in [-0.15, -0.1) is 0 Å². The van der Waals surface area contributed by atoms with E-state index in [1.807, 2.05) is 5.32 Å². The van der Waals surface area contributed by atoms with Crippen molar-refractivity contribution in [3.8, 4) is 0 Å². The number of imide groups is 1. The van der Waals surface area contributed by atoms with Crippen molar-refractivity contribution in [2.24, 2.45) is 0 Å². The van der Waals surface area contributed by atoms with Gasteiger partial charge in [-0.2, -0.15) is 0 Å². The lowest BCUT2D eigenvalue weighted by atomic mass is 9.82. The average molecular weight is 426 g/mol. The van der Waals surface area contributed by atoms with E-state index in [0.29, 0.717) is 18.9 Å². The summed E-state index contributed by atoms with van der Waals surface area (Å²) in [6.45, 7) is -0.695. The highest BCUT2D eigenvalue weighted by Gasteiger charge is 2.51. The predicted octanol–water partition coefficient (Wildman–Crippen LogP) is 1.80. The molecule has 1 aliphatic carbocycles. The third-order valence-corrected chi connectivity index (χ3v) is 5.27. The van der Waals surface area contributed by atoms with Crippen molar-refractivity contribution >= 4 is 29.4 Å². The maximum atomic E-state index is 13.5. The van der Waals surface area contributed by atoms with Crippen LogP contribution in [-0.2, 0) is 14.4 Å². The molecule has 1 aromatic rings. The van der Waals surface area contributed by atoms with Gasteiger partial charge in [0.2, 0.25) is 11.8 Å². The maximum Gasteiger partial charge on any atom is 0.325 e. The fourth-order valence-corrected chi connectivity index (χ4v) is 3.67. The van der Waals surface area contributed by atoms with Crippen molar-refractivity contribution in [2.45, 2.75) is 44.1 Å². The Kier molecular flexibility index (Phi) is 6.28. The number of halogens is 3. The molecule has 8 nitrogen and oxygen atoms in total. The number of rotatable bonds is 6. The van der Waals surface area contributed by atoms with Crippen molar-refractivity contribution in [2.75, 3.05) is 18.4 Å². The summed E-state index contributed by atoms with van der Waals surface area (Å²) in [6, 6.07) is 0.969. The van der Waals surface area contributed by atoms with E-state index in [-0.39, 0.29) is 18.9 Å². The molecule has 2 aliphatic rings. The Hall–Kier alpha value is -3.11. The van der Waals surface area contributed by atoms with E-state index in [0.717, 1.165) is 30.2 Å². The average Bonchev–Trinajstić information content (AvgIpc) is 2.94. The molecule has 5 amide bonds. The second-order valence-corrected chi connectivity index (χ2v) is 7.33. The molecule has 0 atom stereocenters. The molecule has 1 spiro atoms. The lowest BCUT2D eigenvalue weighted by Gasteiger charge is -2.30. The normalized spacial score (nSPS) is 17.8. The summed E-state index contributed by atoms with van der Waals surface area (Å²) in [5.41, 5.74) is -1.44. The monoisotopic (exact) mass is 426 g/mol. The summed E-state index contributed by atoms with van der Waals surface area (Å²) < 4.78 is 39.6. The molecule has 1 saturated carbocycles. The van der Waals surface area contributed by atoms with Gasteiger partial charge in [-0.3, -0.25) is 19.3 Å². The van der Waals surface area contributed by atoms with E-state index in [4.69, 9.17) is 0 Å². The Morgan fingerprint density at radius 1 is 1.03 bits per heavy atom. The van der Waals surface area contributed by atoms with E-state index in [1.165, 1.54) is 0 Å². The Morgan fingerprint density at radius 3 is 2.43 bits per heavy atom. The second-order valence-electron chi connectivity index (χ2n) is 7.33. The van der Waals surface area contributed by atoms with Crippen molar-refractivity contribution in [1.29, 1.82) is 0 Å². The van der Waals surface area contributed by atoms with Crippen LogP contribution in [0.15, 0.2) is 12.1 Å². The third kappa shape index (κ3) is 4.39. The van der Waals surface area contributed by atoms with Crippen LogP contribution < -0.4 is 16.0 Å². The summed E-state index contributed by atoms with van der Waals surface area (Å²) >= 11 is 0. The number of urea groups is 1.